The van der Waals surface area contributed by atoms with Gasteiger partial charge in [0.05, 0.1) is 11.5 Å². The summed E-state index contributed by atoms with van der Waals surface area (Å²) < 4.78 is 0. The molecule has 72 valence electrons. The molecule has 0 N–H and O–H groups in total. The van der Waals surface area contributed by atoms with Crippen molar-refractivity contribution in [3.05, 3.63) is 31.3 Å². The molecule has 2 unspecified atom stereocenters. The maximum Gasteiger partial charge on any atom is 0.254 e. The third kappa shape index (κ3) is 2.15. The average molecular weight is 207 g/mol. The van der Waals surface area contributed by atoms with E-state index in [1.165, 1.54) is 6.08 Å². The minimum Gasteiger partial charge on any atom is -0.264 e. The van der Waals surface area contributed by atoms with Crippen LogP contribution in [0.15, 0.2) is 11.1 Å². The molecule has 2 atom stereocenters. The van der Waals surface area contributed by atoms with E-state index >= 15 is 0 Å². The van der Waals surface area contributed by atoms with Crippen LogP contribution in [0.5, 0.6) is 0 Å². The van der Waals surface area contributed by atoms with Crippen molar-refractivity contribution in [2.45, 2.75) is 24.9 Å². The lowest BCUT2D eigenvalue weighted by Gasteiger charge is -2.15. The van der Waals surface area contributed by atoms with Crippen LogP contribution in [0.1, 0.15) is 12.8 Å². The van der Waals surface area contributed by atoms with Crippen molar-refractivity contribution >= 4 is 11.6 Å². The van der Waals surface area contributed by atoms with Gasteiger partial charge in [0.1, 0.15) is 0 Å². The Morgan fingerprint density at radius 2 is 2.00 bits per heavy atom. The molecule has 1 rings (SSSR count). The molecule has 0 aromatic carbocycles. The molecule has 0 saturated heterocycles. The van der Waals surface area contributed by atoms with Crippen LogP contribution < -0.4 is 0 Å². The topological polar surface area (TPSA) is 86.3 Å². The molecule has 1 aliphatic rings. The van der Waals surface area contributed by atoms with Gasteiger partial charge in [0, 0.05) is 16.3 Å². The minimum atomic E-state index is -1.11. The summed E-state index contributed by atoms with van der Waals surface area (Å²) in [7, 11) is 0. The summed E-state index contributed by atoms with van der Waals surface area (Å²) in [5, 5.41) is 20.8. The van der Waals surface area contributed by atoms with E-state index in [4.69, 9.17) is 11.6 Å². The average Bonchev–Trinajstić information content (AvgIpc) is 2.04. The van der Waals surface area contributed by atoms with Crippen LogP contribution >= 0.6 is 11.6 Å². The lowest BCUT2D eigenvalue weighted by Crippen LogP contribution is -2.33. The zero-order valence-corrected chi connectivity index (χ0v) is 7.31. The highest BCUT2D eigenvalue weighted by Gasteiger charge is 2.37. The minimum absolute atomic E-state index is 0.100. The Kier molecular flexibility index (Phi) is 2.82. The van der Waals surface area contributed by atoms with Gasteiger partial charge in [0.2, 0.25) is 6.04 Å². The molecular formula is C6H7ClN2O4. The number of rotatable bonds is 2. The lowest BCUT2D eigenvalue weighted by molar-refractivity contribution is -0.555. The second kappa shape index (κ2) is 3.69. The first kappa shape index (κ1) is 9.91. The van der Waals surface area contributed by atoms with Gasteiger partial charge in [0.25, 0.3) is 6.04 Å². The standard InChI is InChI=1S/C6H7ClN2O4/c7-5-2-1-4(8(10)11)3-6(5)9(12)13/h2,4,6H,1,3H2. The first-order valence-corrected chi connectivity index (χ1v) is 4.02. The van der Waals surface area contributed by atoms with Crippen LogP contribution in [0.3, 0.4) is 0 Å². The van der Waals surface area contributed by atoms with Gasteiger partial charge in [-0.1, -0.05) is 17.7 Å². The Labute approximate surface area is 78.5 Å². The van der Waals surface area contributed by atoms with E-state index in [9.17, 15) is 20.2 Å². The zero-order valence-electron chi connectivity index (χ0n) is 6.55. The molecule has 0 amide bonds. The van der Waals surface area contributed by atoms with E-state index in [0.717, 1.165) is 0 Å². The summed E-state index contributed by atoms with van der Waals surface area (Å²) in [6.45, 7) is 0. The van der Waals surface area contributed by atoms with Crippen LogP contribution in [0, 0.1) is 20.2 Å². The highest BCUT2D eigenvalue weighted by atomic mass is 35.5. The van der Waals surface area contributed by atoms with Gasteiger partial charge >= 0.3 is 0 Å². The quantitative estimate of drug-likeness (QED) is 0.502. The molecule has 0 spiro atoms. The van der Waals surface area contributed by atoms with Gasteiger partial charge in [-0.05, 0) is 0 Å². The highest BCUT2D eigenvalue weighted by molar-refractivity contribution is 6.30. The normalized spacial score (nSPS) is 27.9. The van der Waals surface area contributed by atoms with Crippen molar-refractivity contribution in [2.75, 3.05) is 0 Å². The SMILES string of the molecule is O=[N+]([O-])C1CC=C(Cl)C([N+](=O)[O-])C1. The van der Waals surface area contributed by atoms with E-state index < -0.39 is 21.9 Å². The summed E-state index contributed by atoms with van der Waals surface area (Å²) >= 11 is 5.54. The van der Waals surface area contributed by atoms with E-state index in [-0.39, 0.29) is 17.9 Å². The summed E-state index contributed by atoms with van der Waals surface area (Å²) in [6, 6.07) is -1.98. The molecule has 0 saturated carbocycles. The largest absolute Gasteiger partial charge is 0.264 e. The summed E-state index contributed by atoms with van der Waals surface area (Å²) in [5.74, 6) is 0. The Balaban J connectivity index is 2.77. The lowest BCUT2D eigenvalue weighted by atomic mass is 9.98. The number of nitro groups is 2. The van der Waals surface area contributed by atoms with Crippen LogP contribution in [0.4, 0.5) is 0 Å². The first-order chi connectivity index (χ1) is 6.02. The molecule has 13 heavy (non-hydrogen) atoms. The van der Waals surface area contributed by atoms with Crippen LogP contribution in [-0.2, 0) is 0 Å². The zero-order chi connectivity index (χ0) is 10.0. The van der Waals surface area contributed by atoms with Crippen molar-refractivity contribution in [3.63, 3.8) is 0 Å². The van der Waals surface area contributed by atoms with Crippen molar-refractivity contribution in [2.24, 2.45) is 0 Å². The molecule has 0 aliphatic heterocycles. The number of hydrogen-bond acceptors (Lipinski definition) is 4. The van der Waals surface area contributed by atoms with Gasteiger partial charge in [0.15, 0.2) is 0 Å². The third-order valence-corrected chi connectivity index (χ3v) is 2.36. The molecule has 0 heterocycles. The van der Waals surface area contributed by atoms with E-state index in [2.05, 4.69) is 0 Å². The van der Waals surface area contributed by atoms with Crippen molar-refractivity contribution < 1.29 is 9.85 Å². The third-order valence-electron chi connectivity index (χ3n) is 1.95. The van der Waals surface area contributed by atoms with Crippen molar-refractivity contribution in [1.29, 1.82) is 0 Å². The van der Waals surface area contributed by atoms with Gasteiger partial charge in [-0.3, -0.25) is 20.2 Å². The maximum atomic E-state index is 10.4. The molecule has 1 aliphatic carbocycles. The van der Waals surface area contributed by atoms with Crippen LogP contribution in [0.25, 0.3) is 0 Å². The van der Waals surface area contributed by atoms with Gasteiger partial charge in [-0.25, -0.2) is 0 Å². The van der Waals surface area contributed by atoms with E-state index in [1.54, 1.807) is 0 Å². The Morgan fingerprint density at radius 1 is 1.38 bits per heavy atom. The highest BCUT2D eigenvalue weighted by Crippen LogP contribution is 2.25. The van der Waals surface area contributed by atoms with Crippen LogP contribution in [0.2, 0.25) is 0 Å². The fourth-order valence-electron chi connectivity index (χ4n) is 1.21. The molecular weight excluding hydrogens is 200 g/mol. The molecule has 7 heteroatoms. The fourth-order valence-corrected chi connectivity index (χ4v) is 1.47. The van der Waals surface area contributed by atoms with Crippen molar-refractivity contribution in [3.8, 4) is 0 Å². The van der Waals surface area contributed by atoms with Gasteiger partial charge in [-0.15, -0.1) is 0 Å². The molecule has 0 fully saturated rings. The van der Waals surface area contributed by atoms with E-state index in [0.29, 0.717) is 0 Å². The smallest absolute Gasteiger partial charge is 0.254 e. The second-order valence-electron chi connectivity index (χ2n) is 2.80. The molecule has 0 aromatic rings. The molecule has 6 nitrogen and oxygen atoms in total. The number of halogens is 1. The Hall–Kier alpha value is -1.17. The first-order valence-electron chi connectivity index (χ1n) is 3.65. The maximum absolute atomic E-state index is 10.4. The Bertz CT molecular complexity index is 278. The summed E-state index contributed by atoms with van der Waals surface area (Å²) in [5.41, 5.74) is 0. The monoisotopic (exact) mass is 206 g/mol. The molecule has 0 bridgehead atoms. The number of hydrogen-bond donors (Lipinski definition) is 0. The van der Waals surface area contributed by atoms with Gasteiger partial charge < -0.3 is 0 Å². The fraction of sp³-hybridized carbons (Fsp3) is 0.667. The Morgan fingerprint density at radius 3 is 2.46 bits per heavy atom. The van der Waals surface area contributed by atoms with Crippen molar-refractivity contribution in [1.82, 2.24) is 0 Å². The predicted molar refractivity (Wildman–Crippen MR) is 44.7 cm³/mol. The summed E-state index contributed by atoms with van der Waals surface area (Å²) in [6.07, 6.45) is 1.41. The van der Waals surface area contributed by atoms with E-state index in [1.807, 2.05) is 0 Å². The molecule has 0 aromatic heterocycles. The van der Waals surface area contributed by atoms with Crippen LogP contribution in [-0.4, -0.2) is 21.9 Å². The molecule has 0 radical (unpaired) electrons. The predicted octanol–water partition coefficient (Wildman–Crippen LogP) is 1.19. The number of nitrogens with zero attached hydrogens (tertiary/aromatic N) is 2. The summed E-state index contributed by atoms with van der Waals surface area (Å²) in [4.78, 5) is 19.6. The van der Waals surface area contributed by atoms with Gasteiger partial charge in [-0.2, -0.15) is 0 Å². The second-order valence-corrected chi connectivity index (χ2v) is 3.24.